The van der Waals surface area contributed by atoms with Gasteiger partial charge in [0.2, 0.25) is 0 Å². The molecule has 24 heavy (non-hydrogen) atoms. The van der Waals surface area contributed by atoms with Crippen molar-refractivity contribution in [1.29, 1.82) is 0 Å². The monoisotopic (exact) mass is 470 g/mol. The summed E-state index contributed by atoms with van der Waals surface area (Å²) in [5.74, 6) is 1.15. The van der Waals surface area contributed by atoms with Gasteiger partial charge in [-0.05, 0) is 26.7 Å². The molecule has 0 saturated carbocycles. The number of aliphatic hydroxyl groups is 1. The first kappa shape index (κ1) is 23.5. The molecule has 1 aromatic rings. The van der Waals surface area contributed by atoms with Gasteiger partial charge in [0, 0.05) is 24.6 Å². The molecule has 0 aliphatic rings. The van der Waals surface area contributed by atoms with E-state index in [1.165, 1.54) is 4.88 Å². The third-order valence-electron chi connectivity index (χ3n) is 3.06. The van der Waals surface area contributed by atoms with Crippen molar-refractivity contribution >= 4 is 41.3 Å². The number of aliphatic hydroxyl groups excluding tert-OH is 1. The highest BCUT2D eigenvalue weighted by Crippen LogP contribution is 2.16. The molecule has 140 valence electrons. The highest BCUT2D eigenvalue weighted by atomic mass is 127. The fourth-order valence-electron chi connectivity index (χ4n) is 1.81. The van der Waals surface area contributed by atoms with Gasteiger partial charge in [0.25, 0.3) is 0 Å². The molecule has 0 saturated heterocycles. The molecule has 8 heteroatoms. The van der Waals surface area contributed by atoms with E-state index in [1.54, 1.807) is 11.3 Å². The smallest absolute Gasteiger partial charge is 0.191 e. The Bertz CT molecular complexity index is 475. The van der Waals surface area contributed by atoms with Gasteiger partial charge in [-0.3, -0.25) is 0 Å². The van der Waals surface area contributed by atoms with Crippen LogP contribution in [-0.2, 0) is 11.3 Å². The van der Waals surface area contributed by atoms with E-state index in [2.05, 4.69) is 41.4 Å². The third-order valence-corrected chi connectivity index (χ3v) is 4.11. The molecule has 1 heterocycles. The number of guanidine groups is 1. The molecule has 1 unspecified atom stereocenters. The van der Waals surface area contributed by atoms with Gasteiger partial charge in [0.15, 0.2) is 5.96 Å². The number of halogens is 1. The normalized spacial score (nSPS) is 12.9. The summed E-state index contributed by atoms with van der Waals surface area (Å²) in [6.07, 6.45) is -0.554. The summed E-state index contributed by atoms with van der Waals surface area (Å²) in [6, 6.07) is 0. The average molecular weight is 470 g/mol. The van der Waals surface area contributed by atoms with Crippen LogP contribution in [0.2, 0.25) is 0 Å². The van der Waals surface area contributed by atoms with Crippen LogP contribution in [0.25, 0.3) is 0 Å². The number of thiazole rings is 1. The average Bonchev–Trinajstić information content (AvgIpc) is 2.80. The van der Waals surface area contributed by atoms with Gasteiger partial charge in [-0.25, -0.2) is 9.98 Å². The molecule has 0 bridgehead atoms. The van der Waals surface area contributed by atoms with Crippen molar-refractivity contribution in [3.8, 4) is 0 Å². The molecule has 0 aliphatic heterocycles. The van der Waals surface area contributed by atoms with Gasteiger partial charge in [0.05, 0.1) is 24.9 Å². The standard InChI is InChI=1S/C16H30N4O2S.HI/c1-6-17-16(18-7-14(21)10-22-9-11(2)3)19-8-15-20-12(4)13(5)23-15;/h11,14,21H,6-10H2,1-5H3,(H2,17,18,19);1H. The van der Waals surface area contributed by atoms with E-state index in [0.717, 1.165) is 17.2 Å². The number of nitrogens with zero attached hydrogens (tertiary/aromatic N) is 2. The number of hydrogen-bond acceptors (Lipinski definition) is 5. The highest BCUT2D eigenvalue weighted by Gasteiger charge is 2.07. The van der Waals surface area contributed by atoms with Crippen molar-refractivity contribution in [2.45, 2.75) is 47.3 Å². The molecule has 1 aromatic heterocycles. The van der Waals surface area contributed by atoms with Crippen LogP contribution in [0, 0.1) is 19.8 Å². The van der Waals surface area contributed by atoms with E-state index in [1.807, 2.05) is 13.8 Å². The summed E-state index contributed by atoms with van der Waals surface area (Å²) in [6.45, 7) is 13.0. The number of nitrogens with one attached hydrogen (secondary N) is 2. The molecular formula is C16H31IN4O2S. The molecule has 0 amide bonds. The summed E-state index contributed by atoms with van der Waals surface area (Å²) < 4.78 is 5.44. The number of rotatable bonds is 9. The van der Waals surface area contributed by atoms with E-state index < -0.39 is 6.10 Å². The van der Waals surface area contributed by atoms with Gasteiger partial charge < -0.3 is 20.5 Å². The molecule has 0 fully saturated rings. The Morgan fingerprint density at radius 3 is 2.54 bits per heavy atom. The molecule has 1 atom stereocenters. The van der Waals surface area contributed by atoms with E-state index in [9.17, 15) is 5.11 Å². The lowest BCUT2D eigenvalue weighted by molar-refractivity contribution is 0.0280. The van der Waals surface area contributed by atoms with Crippen molar-refractivity contribution in [2.75, 3.05) is 26.3 Å². The van der Waals surface area contributed by atoms with Crippen molar-refractivity contribution in [3.63, 3.8) is 0 Å². The number of aromatic nitrogens is 1. The zero-order valence-electron chi connectivity index (χ0n) is 15.3. The van der Waals surface area contributed by atoms with Gasteiger partial charge >= 0.3 is 0 Å². The Morgan fingerprint density at radius 2 is 2.00 bits per heavy atom. The number of aliphatic imine (C=N–C) groups is 1. The minimum atomic E-state index is -0.554. The molecule has 0 radical (unpaired) electrons. The van der Waals surface area contributed by atoms with E-state index in [-0.39, 0.29) is 24.0 Å². The van der Waals surface area contributed by atoms with Crippen molar-refractivity contribution < 1.29 is 9.84 Å². The lowest BCUT2D eigenvalue weighted by Crippen LogP contribution is -2.42. The van der Waals surface area contributed by atoms with Crippen LogP contribution in [0.5, 0.6) is 0 Å². The quantitative estimate of drug-likeness (QED) is 0.294. The fraction of sp³-hybridized carbons (Fsp3) is 0.750. The largest absolute Gasteiger partial charge is 0.389 e. The molecule has 0 aromatic carbocycles. The summed E-state index contributed by atoms with van der Waals surface area (Å²) in [7, 11) is 0. The van der Waals surface area contributed by atoms with Crippen molar-refractivity contribution in [3.05, 3.63) is 15.6 Å². The van der Waals surface area contributed by atoms with Gasteiger partial charge in [-0.1, -0.05) is 13.8 Å². The van der Waals surface area contributed by atoms with Crippen LogP contribution in [0.1, 0.15) is 36.3 Å². The molecule has 6 nitrogen and oxygen atoms in total. The lowest BCUT2D eigenvalue weighted by atomic mass is 10.2. The first-order chi connectivity index (χ1) is 10.9. The van der Waals surface area contributed by atoms with Crippen LogP contribution < -0.4 is 10.6 Å². The molecule has 0 aliphatic carbocycles. The fourth-order valence-corrected chi connectivity index (χ4v) is 2.67. The lowest BCUT2D eigenvalue weighted by Gasteiger charge is -2.16. The minimum Gasteiger partial charge on any atom is -0.389 e. The summed E-state index contributed by atoms with van der Waals surface area (Å²) >= 11 is 1.67. The summed E-state index contributed by atoms with van der Waals surface area (Å²) in [5.41, 5.74) is 1.07. The zero-order chi connectivity index (χ0) is 17.2. The Kier molecular flexibility index (Phi) is 12.6. The Hall–Kier alpha value is -0.450. The van der Waals surface area contributed by atoms with Gasteiger partial charge in [0.1, 0.15) is 5.01 Å². The molecular weight excluding hydrogens is 439 g/mol. The maximum atomic E-state index is 9.92. The Balaban J connectivity index is 0.00000529. The second-order valence-electron chi connectivity index (χ2n) is 5.91. The Labute approximate surface area is 166 Å². The first-order valence-electron chi connectivity index (χ1n) is 8.13. The first-order valence-corrected chi connectivity index (χ1v) is 8.94. The minimum absolute atomic E-state index is 0. The highest BCUT2D eigenvalue weighted by molar-refractivity contribution is 14.0. The van der Waals surface area contributed by atoms with E-state index in [0.29, 0.717) is 38.2 Å². The summed E-state index contributed by atoms with van der Waals surface area (Å²) in [5, 5.41) is 17.2. The Morgan fingerprint density at radius 1 is 1.29 bits per heavy atom. The van der Waals surface area contributed by atoms with Crippen LogP contribution in [-0.4, -0.2) is 48.5 Å². The SMILES string of the molecule is CCNC(=NCc1nc(C)c(C)s1)NCC(O)COCC(C)C.I. The number of hydrogen-bond donors (Lipinski definition) is 3. The van der Waals surface area contributed by atoms with E-state index >= 15 is 0 Å². The van der Waals surface area contributed by atoms with Crippen LogP contribution in [0.4, 0.5) is 0 Å². The third kappa shape index (κ3) is 9.75. The summed E-state index contributed by atoms with van der Waals surface area (Å²) in [4.78, 5) is 10.2. The van der Waals surface area contributed by atoms with E-state index in [4.69, 9.17) is 4.74 Å². The van der Waals surface area contributed by atoms with Crippen LogP contribution in [0.3, 0.4) is 0 Å². The van der Waals surface area contributed by atoms with Crippen molar-refractivity contribution in [1.82, 2.24) is 15.6 Å². The van der Waals surface area contributed by atoms with Crippen molar-refractivity contribution in [2.24, 2.45) is 10.9 Å². The van der Waals surface area contributed by atoms with Gasteiger partial charge in [-0.15, -0.1) is 35.3 Å². The van der Waals surface area contributed by atoms with Gasteiger partial charge in [-0.2, -0.15) is 0 Å². The maximum Gasteiger partial charge on any atom is 0.191 e. The predicted octanol–water partition coefficient (Wildman–Crippen LogP) is 2.47. The van der Waals surface area contributed by atoms with Crippen LogP contribution in [0.15, 0.2) is 4.99 Å². The maximum absolute atomic E-state index is 9.92. The topological polar surface area (TPSA) is 78.8 Å². The molecule has 0 spiro atoms. The zero-order valence-corrected chi connectivity index (χ0v) is 18.4. The number of ether oxygens (including phenoxy) is 1. The predicted molar refractivity (Wildman–Crippen MR) is 111 cm³/mol. The second-order valence-corrected chi connectivity index (χ2v) is 7.20. The molecule has 1 rings (SSSR count). The number of aryl methyl sites for hydroxylation is 2. The second kappa shape index (κ2) is 12.8. The van der Waals surface area contributed by atoms with Crippen LogP contribution >= 0.6 is 35.3 Å². The molecule has 3 N–H and O–H groups in total.